The largest absolute Gasteiger partial charge is 0.481 e. The summed E-state index contributed by atoms with van der Waals surface area (Å²) in [6.45, 7) is 2.23. The normalized spacial score (nSPS) is 11.2. The predicted octanol–water partition coefficient (Wildman–Crippen LogP) is 5.53. The second-order valence-corrected chi connectivity index (χ2v) is 7.21. The monoisotopic (exact) mass is 416 g/mol. The van der Waals surface area contributed by atoms with Crippen molar-refractivity contribution in [3.63, 3.8) is 0 Å². The Balaban J connectivity index is 0.000000367. The molecule has 0 bridgehead atoms. The highest BCUT2D eigenvalue weighted by Gasteiger charge is 1.98. The second kappa shape index (κ2) is 17.2. The minimum Gasteiger partial charge on any atom is -0.481 e. The number of carboxylic acids is 1. The Bertz CT molecular complexity index is 808. The molecular weight excluding hydrogens is 380 g/mol. The quantitative estimate of drug-likeness (QED) is 0.277. The molecule has 7 nitrogen and oxygen atoms in total. The average molecular weight is 417 g/mol. The van der Waals surface area contributed by atoms with Crippen LogP contribution < -0.4 is 5.56 Å². The molecule has 0 spiro atoms. The number of carbonyl (C=O) groups is 1. The van der Waals surface area contributed by atoms with Crippen LogP contribution in [0.4, 0.5) is 0 Å². The number of hydrogen-bond donors (Lipinski definition) is 3. The summed E-state index contributed by atoms with van der Waals surface area (Å²) in [4.78, 5) is 33.9. The van der Waals surface area contributed by atoms with E-state index < -0.39 is 5.97 Å². The van der Waals surface area contributed by atoms with Gasteiger partial charge in [-0.1, -0.05) is 63.3 Å². The predicted molar refractivity (Wildman–Crippen MR) is 122 cm³/mol. The number of imidazole rings is 1. The lowest BCUT2D eigenvalue weighted by molar-refractivity contribution is -0.137. The smallest absolute Gasteiger partial charge is 0.303 e. The number of nitrogens with one attached hydrogen (secondary N) is 2. The van der Waals surface area contributed by atoms with Crippen LogP contribution in [0.25, 0.3) is 11.2 Å². The van der Waals surface area contributed by atoms with Crippen molar-refractivity contribution in [1.82, 2.24) is 19.9 Å². The fourth-order valence-corrected chi connectivity index (χ4v) is 2.86. The standard InChI is InChI=1S/C18H32O2.C5H4N4O/c1-2-3-4-5-6-7-8-9-10-11-12-13-14-15-16-17-18(19)20;10-5-3-4(7-1-6-3)8-2-9-5/h6-7,9-10H,2-5,8,11-17H2,1H3,(H,19,20);1-2H,(H2,6,7,8,9,10)/b7-6-,10-9-;. The first kappa shape index (κ1) is 25.3. The molecule has 0 fully saturated rings. The van der Waals surface area contributed by atoms with Crippen LogP contribution in [-0.2, 0) is 4.79 Å². The SMILES string of the molecule is CCCCC/C=C\C/C=C\CCCCCCCC(=O)O.O=c1[nH]cnc2nc[nH]c12. The molecule has 3 N–H and O–H groups in total. The maximum Gasteiger partial charge on any atom is 0.303 e. The van der Waals surface area contributed by atoms with Gasteiger partial charge in [0.1, 0.15) is 0 Å². The lowest BCUT2D eigenvalue weighted by Crippen LogP contribution is -2.05. The highest BCUT2D eigenvalue weighted by molar-refractivity contribution is 5.67. The van der Waals surface area contributed by atoms with E-state index in [2.05, 4.69) is 51.2 Å². The maximum atomic E-state index is 10.9. The van der Waals surface area contributed by atoms with Gasteiger partial charge < -0.3 is 15.1 Å². The number of aliphatic carboxylic acids is 1. The maximum absolute atomic E-state index is 10.9. The Morgan fingerprint density at radius 2 is 1.50 bits per heavy atom. The Kier molecular flexibility index (Phi) is 14.5. The van der Waals surface area contributed by atoms with E-state index >= 15 is 0 Å². The Morgan fingerprint density at radius 3 is 2.13 bits per heavy atom. The van der Waals surface area contributed by atoms with Crippen molar-refractivity contribution in [2.75, 3.05) is 0 Å². The van der Waals surface area contributed by atoms with Gasteiger partial charge in [-0.05, 0) is 38.5 Å². The summed E-state index contributed by atoms with van der Waals surface area (Å²) in [5.41, 5.74) is 0.675. The molecule has 0 aromatic carbocycles. The van der Waals surface area contributed by atoms with Crippen molar-refractivity contribution in [3.8, 4) is 0 Å². The number of aromatic amines is 2. The van der Waals surface area contributed by atoms with Gasteiger partial charge >= 0.3 is 5.97 Å². The van der Waals surface area contributed by atoms with Crippen LogP contribution in [0.15, 0.2) is 41.8 Å². The summed E-state index contributed by atoms with van der Waals surface area (Å²) in [6.07, 6.45) is 25.0. The molecule has 0 unspecified atom stereocenters. The summed E-state index contributed by atoms with van der Waals surface area (Å²) in [7, 11) is 0. The first-order valence-corrected chi connectivity index (χ1v) is 11.0. The van der Waals surface area contributed by atoms with Crippen LogP contribution in [0.1, 0.15) is 84.0 Å². The minimum atomic E-state index is -0.671. The van der Waals surface area contributed by atoms with E-state index in [4.69, 9.17) is 5.11 Å². The zero-order valence-corrected chi connectivity index (χ0v) is 18.1. The third-order valence-corrected chi connectivity index (χ3v) is 4.57. The average Bonchev–Trinajstić information content (AvgIpc) is 3.21. The van der Waals surface area contributed by atoms with Crippen molar-refractivity contribution < 1.29 is 9.90 Å². The molecule has 0 aliphatic carbocycles. The molecule has 0 aliphatic heterocycles. The molecule has 0 saturated carbocycles. The van der Waals surface area contributed by atoms with E-state index in [-0.39, 0.29) is 5.56 Å². The number of H-pyrrole nitrogens is 2. The number of fused-ring (bicyclic) bond motifs is 1. The fourth-order valence-electron chi connectivity index (χ4n) is 2.86. The van der Waals surface area contributed by atoms with Crippen LogP contribution in [0, 0.1) is 0 Å². The first-order valence-electron chi connectivity index (χ1n) is 11.0. The fraction of sp³-hybridized carbons (Fsp3) is 0.565. The number of hydrogen-bond acceptors (Lipinski definition) is 4. The number of rotatable bonds is 14. The Labute approximate surface area is 178 Å². The molecule has 2 rings (SSSR count). The number of allylic oxidation sites excluding steroid dienone is 4. The summed E-state index contributed by atoms with van der Waals surface area (Å²) >= 11 is 0. The van der Waals surface area contributed by atoms with Gasteiger partial charge in [0.2, 0.25) is 0 Å². The van der Waals surface area contributed by atoms with Gasteiger partial charge in [0, 0.05) is 6.42 Å². The van der Waals surface area contributed by atoms with E-state index in [1.54, 1.807) is 0 Å². The third-order valence-electron chi connectivity index (χ3n) is 4.57. The highest BCUT2D eigenvalue weighted by atomic mass is 16.4. The van der Waals surface area contributed by atoms with Crippen molar-refractivity contribution >= 4 is 17.1 Å². The van der Waals surface area contributed by atoms with Crippen molar-refractivity contribution in [2.24, 2.45) is 0 Å². The van der Waals surface area contributed by atoms with Gasteiger partial charge in [-0.3, -0.25) is 9.59 Å². The van der Waals surface area contributed by atoms with E-state index in [0.29, 0.717) is 17.6 Å². The molecule has 2 aromatic rings. The minimum absolute atomic E-state index is 0.192. The molecule has 2 aromatic heterocycles. The number of aromatic nitrogens is 4. The Morgan fingerprint density at radius 1 is 0.900 bits per heavy atom. The molecule has 0 radical (unpaired) electrons. The van der Waals surface area contributed by atoms with Gasteiger partial charge in [0.15, 0.2) is 11.2 Å². The summed E-state index contributed by atoms with van der Waals surface area (Å²) < 4.78 is 0. The topological polar surface area (TPSA) is 112 Å². The number of nitrogens with zero attached hydrogens (tertiary/aromatic N) is 2. The Hall–Kier alpha value is -2.70. The van der Waals surface area contributed by atoms with Crippen LogP contribution >= 0.6 is 0 Å². The lowest BCUT2D eigenvalue weighted by atomic mass is 10.1. The molecule has 0 atom stereocenters. The molecule has 2 heterocycles. The summed E-state index contributed by atoms with van der Waals surface area (Å²) in [6, 6.07) is 0. The van der Waals surface area contributed by atoms with Crippen LogP contribution in [0.5, 0.6) is 0 Å². The van der Waals surface area contributed by atoms with E-state index in [9.17, 15) is 9.59 Å². The molecule has 30 heavy (non-hydrogen) atoms. The highest BCUT2D eigenvalue weighted by Crippen LogP contribution is 2.08. The number of unbranched alkanes of at least 4 members (excludes halogenated alkanes) is 8. The van der Waals surface area contributed by atoms with Crippen LogP contribution in [0.2, 0.25) is 0 Å². The molecule has 0 amide bonds. The zero-order valence-electron chi connectivity index (χ0n) is 18.1. The molecule has 166 valence electrons. The third kappa shape index (κ3) is 12.7. The van der Waals surface area contributed by atoms with Gasteiger partial charge in [0.05, 0.1) is 12.7 Å². The molecule has 0 saturated heterocycles. The van der Waals surface area contributed by atoms with E-state index in [0.717, 1.165) is 25.7 Å². The van der Waals surface area contributed by atoms with Crippen molar-refractivity contribution in [2.45, 2.75) is 84.0 Å². The second-order valence-electron chi connectivity index (χ2n) is 7.21. The molecular formula is C23H36N4O3. The zero-order chi connectivity index (χ0) is 21.9. The van der Waals surface area contributed by atoms with E-state index in [1.165, 1.54) is 57.6 Å². The van der Waals surface area contributed by atoms with Gasteiger partial charge in [-0.25, -0.2) is 9.97 Å². The number of carboxylic acid groups (broad SMARTS) is 1. The van der Waals surface area contributed by atoms with Gasteiger partial charge in [-0.2, -0.15) is 0 Å². The molecule has 0 aliphatic rings. The van der Waals surface area contributed by atoms with Crippen molar-refractivity contribution in [3.05, 3.63) is 47.3 Å². The summed E-state index contributed by atoms with van der Waals surface area (Å²) in [5, 5.41) is 8.50. The van der Waals surface area contributed by atoms with Crippen molar-refractivity contribution in [1.29, 1.82) is 0 Å². The van der Waals surface area contributed by atoms with E-state index in [1.807, 2.05) is 0 Å². The first-order chi connectivity index (χ1) is 14.6. The van der Waals surface area contributed by atoms with Crippen LogP contribution in [0.3, 0.4) is 0 Å². The lowest BCUT2D eigenvalue weighted by Gasteiger charge is -1.98. The van der Waals surface area contributed by atoms with Gasteiger partial charge in [-0.15, -0.1) is 0 Å². The van der Waals surface area contributed by atoms with Gasteiger partial charge in [0.25, 0.3) is 5.56 Å². The molecule has 7 heteroatoms. The van der Waals surface area contributed by atoms with Crippen LogP contribution in [-0.4, -0.2) is 31.0 Å². The summed E-state index contributed by atoms with van der Waals surface area (Å²) in [5.74, 6) is -0.671.